The molecule has 1 atom stereocenters. The minimum Gasteiger partial charge on any atom is -0.448 e. The van der Waals surface area contributed by atoms with Crippen molar-refractivity contribution in [2.45, 2.75) is 6.10 Å². The van der Waals surface area contributed by atoms with Crippen LogP contribution in [0.2, 0.25) is 0 Å². The minimum absolute atomic E-state index is 0.205. The van der Waals surface area contributed by atoms with Gasteiger partial charge in [0.2, 0.25) is 0 Å². The lowest BCUT2D eigenvalue weighted by Gasteiger charge is -2.11. The number of nitrogens with one attached hydrogen (secondary N) is 1. The summed E-state index contributed by atoms with van der Waals surface area (Å²) in [6, 6.07) is 9.34. The van der Waals surface area contributed by atoms with Crippen molar-refractivity contribution in [3.8, 4) is 0 Å². The van der Waals surface area contributed by atoms with Crippen LogP contribution in [0.5, 0.6) is 0 Å². The fourth-order valence-electron chi connectivity index (χ4n) is 1.26. The van der Waals surface area contributed by atoms with Crippen molar-refractivity contribution in [3.63, 3.8) is 0 Å². The van der Waals surface area contributed by atoms with Gasteiger partial charge in [-0.3, -0.25) is 0 Å². The second-order valence-corrected chi connectivity index (χ2v) is 3.30. The van der Waals surface area contributed by atoms with E-state index in [1.165, 1.54) is 0 Å². The number of rotatable bonds is 6. The number of aliphatic hydroxyl groups is 1. The van der Waals surface area contributed by atoms with E-state index in [1.807, 2.05) is 30.3 Å². The van der Waals surface area contributed by atoms with Crippen LogP contribution in [0.15, 0.2) is 30.3 Å². The molecule has 0 fully saturated rings. The first-order chi connectivity index (χ1) is 7.70. The number of hydrogen-bond acceptors (Lipinski definition) is 4. The van der Waals surface area contributed by atoms with E-state index in [0.29, 0.717) is 13.1 Å². The third-order valence-electron chi connectivity index (χ3n) is 2.05. The van der Waals surface area contributed by atoms with Crippen LogP contribution in [0, 0.1) is 0 Å². The number of carbonyl (C=O) groups excluding carboxylic acids is 1. The highest BCUT2D eigenvalue weighted by Gasteiger charge is 2.05. The summed E-state index contributed by atoms with van der Waals surface area (Å²) < 4.78 is 4.52. The lowest BCUT2D eigenvalue weighted by molar-refractivity contribution is 0.149. The maximum absolute atomic E-state index is 10.2. The van der Waals surface area contributed by atoms with Crippen LogP contribution < -0.4 is 11.1 Å². The maximum Gasteiger partial charge on any atom is 0.404 e. The highest BCUT2D eigenvalue weighted by molar-refractivity contribution is 5.64. The summed E-state index contributed by atoms with van der Waals surface area (Å²) in [5, 5.41) is 12.7. The predicted octanol–water partition coefficient (Wildman–Crippen LogP) is 0.405. The number of ether oxygens (including phenoxy) is 1. The zero-order valence-corrected chi connectivity index (χ0v) is 8.93. The molecule has 5 nitrogen and oxygen atoms in total. The Hall–Kier alpha value is -1.59. The van der Waals surface area contributed by atoms with Crippen LogP contribution in [-0.2, 0) is 4.74 Å². The molecule has 4 N–H and O–H groups in total. The molecule has 1 aromatic carbocycles. The average molecular weight is 224 g/mol. The van der Waals surface area contributed by atoms with Crippen LogP contribution in [0.1, 0.15) is 11.7 Å². The number of nitrogens with two attached hydrogens (primary N) is 1. The van der Waals surface area contributed by atoms with Crippen molar-refractivity contribution in [2.75, 3.05) is 19.7 Å². The number of primary amides is 1. The number of hydrogen-bond donors (Lipinski definition) is 3. The van der Waals surface area contributed by atoms with Crippen LogP contribution in [-0.4, -0.2) is 30.9 Å². The molecule has 0 aliphatic rings. The van der Waals surface area contributed by atoms with Gasteiger partial charge in [-0.2, -0.15) is 0 Å². The molecular formula is C11H16N2O3. The van der Waals surface area contributed by atoms with Gasteiger partial charge in [-0.1, -0.05) is 30.3 Å². The lowest BCUT2D eigenvalue weighted by Crippen LogP contribution is -2.27. The average Bonchev–Trinajstić information content (AvgIpc) is 2.29. The molecule has 0 aliphatic heterocycles. The van der Waals surface area contributed by atoms with E-state index in [2.05, 4.69) is 10.1 Å². The van der Waals surface area contributed by atoms with Gasteiger partial charge >= 0.3 is 6.09 Å². The molecular weight excluding hydrogens is 208 g/mol. The molecule has 0 heterocycles. The Morgan fingerprint density at radius 3 is 2.75 bits per heavy atom. The van der Waals surface area contributed by atoms with Crippen LogP contribution >= 0.6 is 0 Å². The predicted molar refractivity (Wildman–Crippen MR) is 59.8 cm³/mol. The standard InChI is InChI=1S/C11H16N2O3/c12-11(15)16-7-6-13-8-10(14)9-4-2-1-3-5-9/h1-5,10,13-14H,6-8H2,(H2,12,15). The van der Waals surface area contributed by atoms with Crippen LogP contribution in [0.25, 0.3) is 0 Å². The lowest BCUT2D eigenvalue weighted by atomic mass is 10.1. The van der Waals surface area contributed by atoms with Crippen LogP contribution in [0.4, 0.5) is 4.79 Å². The summed E-state index contributed by atoms with van der Waals surface area (Å²) in [5.41, 5.74) is 5.64. The second-order valence-electron chi connectivity index (χ2n) is 3.30. The zero-order valence-electron chi connectivity index (χ0n) is 8.93. The van der Waals surface area contributed by atoms with Gasteiger partial charge in [-0.05, 0) is 5.56 Å². The Bertz CT molecular complexity index is 316. The third kappa shape index (κ3) is 4.77. The largest absolute Gasteiger partial charge is 0.448 e. The second kappa shape index (κ2) is 6.81. The molecule has 0 bridgehead atoms. The number of carbonyl (C=O) groups is 1. The number of amides is 1. The molecule has 0 aliphatic carbocycles. The van der Waals surface area contributed by atoms with Gasteiger partial charge in [0, 0.05) is 13.1 Å². The summed E-state index contributed by atoms with van der Waals surface area (Å²) >= 11 is 0. The molecule has 88 valence electrons. The third-order valence-corrected chi connectivity index (χ3v) is 2.05. The Balaban J connectivity index is 2.16. The first-order valence-corrected chi connectivity index (χ1v) is 5.06. The summed E-state index contributed by atoms with van der Waals surface area (Å²) in [5.74, 6) is 0. The molecule has 1 rings (SSSR count). The number of aliphatic hydroxyl groups excluding tert-OH is 1. The van der Waals surface area contributed by atoms with Gasteiger partial charge in [0.05, 0.1) is 6.10 Å². The number of benzene rings is 1. The first-order valence-electron chi connectivity index (χ1n) is 5.06. The molecule has 0 saturated carbocycles. The van der Waals surface area contributed by atoms with Gasteiger partial charge < -0.3 is 20.9 Å². The highest BCUT2D eigenvalue weighted by atomic mass is 16.5. The fraction of sp³-hybridized carbons (Fsp3) is 0.364. The molecule has 0 spiro atoms. The van der Waals surface area contributed by atoms with Crippen molar-refractivity contribution >= 4 is 6.09 Å². The maximum atomic E-state index is 10.2. The van der Waals surface area contributed by atoms with Gasteiger partial charge in [0.25, 0.3) is 0 Å². The SMILES string of the molecule is NC(=O)OCCNCC(O)c1ccccc1. The first kappa shape index (κ1) is 12.5. The Morgan fingerprint density at radius 1 is 1.44 bits per heavy atom. The van der Waals surface area contributed by atoms with E-state index in [9.17, 15) is 9.90 Å². The Kier molecular flexibility index (Phi) is 5.31. The molecule has 16 heavy (non-hydrogen) atoms. The topological polar surface area (TPSA) is 84.6 Å². The smallest absolute Gasteiger partial charge is 0.404 e. The van der Waals surface area contributed by atoms with E-state index in [4.69, 9.17) is 5.73 Å². The van der Waals surface area contributed by atoms with E-state index < -0.39 is 12.2 Å². The molecule has 0 radical (unpaired) electrons. The summed E-state index contributed by atoms with van der Waals surface area (Å²) in [4.78, 5) is 10.2. The molecule has 1 unspecified atom stereocenters. The van der Waals surface area contributed by atoms with Gasteiger partial charge in [-0.15, -0.1) is 0 Å². The fourth-order valence-corrected chi connectivity index (χ4v) is 1.26. The van der Waals surface area contributed by atoms with Crippen molar-refractivity contribution in [1.29, 1.82) is 0 Å². The molecule has 5 heteroatoms. The minimum atomic E-state index is -0.787. The summed E-state index contributed by atoms with van der Waals surface area (Å²) in [6.07, 6.45) is -1.35. The zero-order chi connectivity index (χ0) is 11.8. The monoisotopic (exact) mass is 224 g/mol. The van der Waals surface area contributed by atoms with E-state index in [-0.39, 0.29) is 6.61 Å². The van der Waals surface area contributed by atoms with Crippen molar-refractivity contribution < 1.29 is 14.6 Å². The molecule has 0 saturated heterocycles. The van der Waals surface area contributed by atoms with Crippen LogP contribution in [0.3, 0.4) is 0 Å². The summed E-state index contributed by atoms with van der Waals surface area (Å²) in [7, 11) is 0. The Labute approximate surface area is 94.2 Å². The van der Waals surface area contributed by atoms with Crippen molar-refractivity contribution in [2.24, 2.45) is 5.73 Å². The normalized spacial score (nSPS) is 12.1. The Morgan fingerprint density at radius 2 is 2.12 bits per heavy atom. The molecule has 1 amide bonds. The van der Waals surface area contributed by atoms with Gasteiger partial charge in [0.1, 0.15) is 6.61 Å². The van der Waals surface area contributed by atoms with Crippen molar-refractivity contribution in [1.82, 2.24) is 5.32 Å². The van der Waals surface area contributed by atoms with E-state index >= 15 is 0 Å². The molecule has 0 aromatic heterocycles. The molecule has 1 aromatic rings. The van der Waals surface area contributed by atoms with Crippen molar-refractivity contribution in [3.05, 3.63) is 35.9 Å². The highest BCUT2D eigenvalue weighted by Crippen LogP contribution is 2.09. The van der Waals surface area contributed by atoms with E-state index in [0.717, 1.165) is 5.56 Å². The van der Waals surface area contributed by atoms with Gasteiger partial charge in [-0.25, -0.2) is 4.79 Å². The summed E-state index contributed by atoms with van der Waals surface area (Å²) in [6.45, 7) is 1.08. The quantitative estimate of drug-likeness (QED) is 0.611. The van der Waals surface area contributed by atoms with Gasteiger partial charge in [0.15, 0.2) is 0 Å². The van der Waals surface area contributed by atoms with E-state index in [1.54, 1.807) is 0 Å².